The highest BCUT2D eigenvalue weighted by atomic mass is 16.3. The minimum Gasteiger partial charge on any atom is -0.395 e. The molecule has 18 heavy (non-hydrogen) atoms. The van der Waals surface area contributed by atoms with Crippen LogP contribution in [0.3, 0.4) is 0 Å². The van der Waals surface area contributed by atoms with Crippen LogP contribution < -0.4 is 5.73 Å². The lowest BCUT2D eigenvalue weighted by atomic mass is 10.1. The number of aliphatic hydroxyl groups is 1. The minimum atomic E-state index is 0.107. The third-order valence-electron chi connectivity index (χ3n) is 3.27. The van der Waals surface area contributed by atoms with E-state index in [2.05, 4.69) is 16.0 Å². The summed E-state index contributed by atoms with van der Waals surface area (Å²) in [4.78, 5) is 6.46. The monoisotopic (exact) mass is 245 g/mol. The molecule has 0 amide bonds. The van der Waals surface area contributed by atoms with E-state index in [9.17, 15) is 0 Å². The molecule has 4 nitrogen and oxygen atoms in total. The van der Waals surface area contributed by atoms with Crippen molar-refractivity contribution in [2.24, 2.45) is 0 Å². The Morgan fingerprint density at radius 3 is 2.83 bits per heavy atom. The number of nitrogens with zero attached hydrogens (tertiary/aromatic N) is 2. The first-order chi connectivity index (χ1) is 8.61. The van der Waals surface area contributed by atoms with Crippen molar-refractivity contribution in [3.8, 4) is 0 Å². The number of hydrogen-bond donors (Lipinski definition) is 2. The zero-order valence-electron chi connectivity index (χ0n) is 10.8. The van der Waals surface area contributed by atoms with Crippen LogP contribution in [0.2, 0.25) is 0 Å². The van der Waals surface area contributed by atoms with Gasteiger partial charge in [0, 0.05) is 23.5 Å². The Morgan fingerprint density at radius 2 is 2.11 bits per heavy atom. The number of aliphatic hydroxyl groups excluding tert-OH is 1. The van der Waals surface area contributed by atoms with Crippen molar-refractivity contribution in [1.82, 2.24) is 9.88 Å². The van der Waals surface area contributed by atoms with Crippen LogP contribution in [0, 0.1) is 0 Å². The first-order valence-electron chi connectivity index (χ1n) is 6.07. The number of nitrogens with two attached hydrogens (primary N) is 1. The van der Waals surface area contributed by atoms with Gasteiger partial charge in [-0.2, -0.15) is 0 Å². The van der Waals surface area contributed by atoms with Crippen molar-refractivity contribution < 1.29 is 5.11 Å². The van der Waals surface area contributed by atoms with Crippen molar-refractivity contribution in [3.05, 3.63) is 35.9 Å². The lowest BCUT2D eigenvalue weighted by Gasteiger charge is -2.23. The maximum Gasteiger partial charge on any atom is 0.128 e. The van der Waals surface area contributed by atoms with Gasteiger partial charge in [-0.1, -0.05) is 18.2 Å². The maximum atomic E-state index is 9.14. The molecular formula is C14H19N3O. The Labute approximate surface area is 107 Å². The molecular weight excluding hydrogens is 226 g/mol. The molecule has 0 aliphatic heterocycles. The summed E-state index contributed by atoms with van der Waals surface area (Å²) in [6.45, 7) is 2.80. The van der Waals surface area contributed by atoms with Gasteiger partial charge in [-0.25, -0.2) is 4.98 Å². The summed E-state index contributed by atoms with van der Waals surface area (Å²) < 4.78 is 0. The molecule has 1 unspecified atom stereocenters. The van der Waals surface area contributed by atoms with Crippen LogP contribution in [0.15, 0.2) is 30.3 Å². The van der Waals surface area contributed by atoms with Gasteiger partial charge in [0.2, 0.25) is 0 Å². The Balaban J connectivity index is 2.30. The summed E-state index contributed by atoms with van der Waals surface area (Å²) in [6, 6.07) is 10.1. The zero-order chi connectivity index (χ0) is 13.1. The summed E-state index contributed by atoms with van der Waals surface area (Å²) in [5.41, 5.74) is 7.89. The number of nitrogen functional groups attached to an aromatic ring is 1. The highest BCUT2D eigenvalue weighted by molar-refractivity contribution is 5.81. The fourth-order valence-corrected chi connectivity index (χ4v) is 1.87. The average Bonchev–Trinajstić information content (AvgIpc) is 2.38. The van der Waals surface area contributed by atoms with E-state index in [4.69, 9.17) is 10.8 Å². The summed E-state index contributed by atoms with van der Waals surface area (Å²) in [5, 5.41) is 10.2. The Morgan fingerprint density at radius 1 is 1.39 bits per heavy atom. The van der Waals surface area contributed by atoms with Gasteiger partial charge in [0.05, 0.1) is 12.1 Å². The van der Waals surface area contributed by atoms with Gasteiger partial charge in [-0.3, -0.25) is 4.90 Å². The van der Waals surface area contributed by atoms with Crippen molar-refractivity contribution in [1.29, 1.82) is 0 Å². The van der Waals surface area contributed by atoms with Crippen LogP contribution in [-0.2, 0) is 6.54 Å². The maximum absolute atomic E-state index is 9.14. The normalized spacial score (nSPS) is 13.1. The predicted octanol–water partition coefficient (Wildman–Crippen LogP) is 1.63. The van der Waals surface area contributed by atoms with E-state index < -0.39 is 0 Å². The van der Waals surface area contributed by atoms with Crippen molar-refractivity contribution >= 4 is 16.7 Å². The van der Waals surface area contributed by atoms with E-state index in [0.29, 0.717) is 12.4 Å². The number of likely N-dealkylation sites (N-methyl/N-ethyl adjacent to an activating group) is 1. The largest absolute Gasteiger partial charge is 0.395 e. The molecule has 0 fully saturated rings. The number of pyridine rings is 1. The number of aromatic nitrogens is 1. The van der Waals surface area contributed by atoms with Crippen molar-refractivity contribution in [2.75, 3.05) is 19.4 Å². The van der Waals surface area contributed by atoms with Crippen LogP contribution in [0.1, 0.15) is 12.5 Å². The Kier molecular flexibility index (Phi) is 3.79. The molecule has 0 saturated heterocycles. The molecule has 0 radical (unpaired) electrons. The zero-order valence-corrected chi connectivity index (χ0v) is 10.8. The van der Waals surface area contributed by atoms with Crippen LogP contribution >= 0.6 is 0 Å². The molecule has 2 aromatic rings. The first kappa shape index (κ1) is 12.8. The number of rotatable bonds is 4. The average molecular weight is 245 g/mol. The second kappa shape index (κ2) is 5.33. The molecule has 0 bridgehead atoms. The lowest BCUT2D eigenvalue weighted by molar-refractivity contribution is 0.154. The predicted molar refractivity (Wildman–Crippen MR) is 74.2 cm³/mol. The van der Waals surface area contributed by atoms with E-state index in [1.54, 1.807) is 0 Å². The Bertz CT molecular complexity index is 542. The molecule has 0 aliphatic carbocycles. The third-order valence-corrected chi connectivity index (χ3v) is 3.27. The number of para-hydroxylation sites is 1. The lowest BCUT2D eigenvalue weighted by Crippen LogP contribution is -2.31. The summed E-state index contributed by atoms with van der Waals surface area (Å²) >= 11 is 0. The molecule has 96 valence electrons. The van der Waals surface area contributed by atoms with Crippen LogP contribution in [0.4, 0.5) is 5.82 Å². The molecule has 1 aromatic carbocycles. The van der Waals surface area contributed by atoms with Crippen molar-refractivity contribution in [3.63, 3.8) is 0 Å². The molecule has 1 aromatic heterocycles. The highest BCUT2D eigenvalue weighted by Crippen LogP contribution is 2.19. The first-order valence-corrected chi connectivity index (χ1v) is 6.07. The van der Waals surface area contributed by atoms with Gasteiger partial charge in [-0.05, 0) is 26.1 Å². The summed E-state index contributed by atoms with van der Waals surface area (Å²) in [5.74, 6) is 0.561. The SMILES string of the molecule is CC(CO)N(C)Cc1cc2ccccc2nc1N. The second-order valence-corrected chi connectivity index (χ2v) is 4.67. The molecule has 1 heterocycles. The molecule has 4 heteroatoms. The number of hydrogen-bond acceptors (Lipinski definition) is 4. The van der Waals surface area contributed by atoms with Gasteiger partial charge in [-0.15, -0.1) is 0 Å². The van der Waals surface area contributed by atoms with E-state index >= 15 is 0 Å². The molecule has 2 rings (SSSR count). The Hall–Kier alpha value is -1.65. The van der Waals surface area contributed by atoms with Gasteiger partial charge in [0.15, 0.2) is 0 Å². The highest BCUT2D eigenvalue weighted by Gasteiger charge is 2.11. The fraction of sp³-hybridized carbons (Fsp3) is 0.357. The quantitative estimate of drug-likeness (QED) is 0.859. The smallest absolute Gasteiger partial charge is 0.128 e. The van der Waals surface area contributed by atoms with Gasteiger partial charge in [0.25, 0.3) is 0 Å². The standard InChI is InChI=1S/C14H19N3O/c1-10(9-18)17(2)8-12-7-11-5-3-4-6-13(11)16-14(12)15/h3-7,10,18H,8-9H2,1-2H3,(H2,15,16). The molecule has 0 spiro atoms. The topological polar surface area (TPSA) is 62.4 Å². The van der Waals surface area contributed by atoms with Gasteiger partial charge < -0.3 is 10.8 Å². The van der Waals surface area contributed by atoms with Crippen LogP contribution in [0.25, 0.3) is 10.9 Å². The number of benzene rings is 1. The van der Waals surface area contributed by atoms with Crippen LogP contribution in [-0.4, -0.2) is 34.7 Å². The van der Waals surface area contributed by atoms with E-state index in [-0.39, 0.29) is 12.6 Å². The van der Waals surface area contributed by atoms with Crippen LogP contribution in [0.5, 0.6) is 0 Å². The minimum absolute atomic E-state index is 0.107. The van der Waals surface area contributed by atoms with E-state index in [0.717, 1.165) is 16.5 Å². The van der Waals surface area contributed by atoms with E-state index in [1.807, 2.05) is 38.2 Å². The van der Waals surface area contributed by atoms with Gasteiger partial charge >= 0.3 is 0 Å². The summed E-state index contributed by atoms with van der Waals surface area (Å²) in [6.07, 6.45) is 0. The second-order valence-electron chi connectivity index (χ2n) is 4.67. The van der Waals surface area contributed by atoms with E-state index in [1.165, 1.54) is 0 Å². The summed E-state index contributed by atoms with van der Waals surface area (Å²) in [7, 11) is 1.97. The molecule has 1 atom stereocenters. The molecule has 3 N–H and O–H groups in total. The molecule has 0 saturated carbocycles. The number of anilines is 1. The fourth-order valence-electron chi connectivity index (χ4n) is 1.87. The number of fused-ring (bicyclic) bond motifs is 1. The third kappa shape index (κ3) is 2.60. The van der Waals surface area contributed by atoms with Crippen molar-refractivity contribution in [2.45, 2.75) is 19.5 Å². The van der Waals surface area contributed by atoms with Gasteiger partial charge in [0.1, 0.15) is 5.82 Å². The molecule has 0 aliphatic rings.